The van der Waals surface area contributed by atoms with Crippen molar-refractivity contribution in [1.29, 1.82) is 0 Å². The lowest BCUT2D eigenvalue weighted by molar-refractivity contribution is -0.116. The van der Waals surface area contributed by atoms with E-state index >= 15 is 0 Å². The average molecular weight is 252 g/mol. The number of nitrogens with zero attached hydrogens (tertiary/aromatic N) is 2. The summed E-state index contributed by atoms with van der Waals surface area (Å²) in [5.41, 5.74) is 0.715. The molecule has 0 atom stereocenters. The summed E-state index contributed by atoms with van der Waals surface area (Å²) < 4.78 is 0. The predicted molar refractivity (Wildman–Crippen MR) is 67.7 cm³/mol. The van der Waals surface area contributed by atoms with Crippen LogP contribution in [0, 0.1) is 19.3 Å². The molecule has 0 unspecified atom stereocenters. The fourth-order valence-corrected chi connectivity index (χ4v) is 1.52. The van der Waals surface area contributed by atoms with Crippen LogP contribution >= 0.6 is 11.6 Å². The van der Waals surface area contributed by atoms with Crippen LogP contribution in [0.4, 0.5) is 5.95 Å². The number of rotatable bonds is 5. The first kappa shape index (κ1) is 13.5. The molecule has 0 spiro atoms. The minimum atomic E-state index is -0.122. The second-order valence-corrected chi connectivity index (χ2v) is 4.00. The van der Waals surface area contributed by atoms with E-state index in [0.29, 0.717) is 23.7 Å². The molecule has 1 rings (SSSR count). The van der Waals surface area contributed by atoms with Gasteiger partial charge in [-0.15, -0.1) is 12.3 Å². The number of aromatic nitrogens is 2. The molecule has 1 aromatic rings. The summed E-state index contributed by atoms with van der Waals surface area (Å²) in [5.74, 6) is 2.66. The molecule has 1 heterocycles. The maximum Gasteiger partial charge on any atom is 0.231 e. The monoisotopic (exact) mass is 251 g/mol. The highest BCUT2D eigenvalue weighted by Crippen LogP contribution is 2.10. The van der Waals surface area contributed by atoms with E-state index in [9.17, 15) is 4.79 Å². The normalized spacial score (nSPS) is 9.71. The fraction of sp³-hybridized carbons (Fsp3) is 0.417. The van der Waals surface area contributed by atoms with Gasteiger partial charge in [0.2, 0.25) is 11.9 Å². The molecular weight excluding hydrogens is 238 g/mol. The summed E-state index contributed by atoms with van der Waals surface area (Å²) in [5, 5.41) is 2.92. The zero-order valence-electron chi connectivity index (χ0n) is 9.66. The van der Waals surface area contributed by atoms with Gasteiger partial charge in [-0.25, -0.2) is 9.97 Å². The lowest BCUT2D eigenvalue weighted by Crippen LogP contribution is -2.13. The molecule has 0 bridgehead atoms. The predicted octanol–water partition coefficient (Wildman–Crippen LogP) is 2.57. The molecule has 0 saturated heterocycles. The SMILES string of the molecule is C#CCCCCC(=O)Nc1nc(C)cc(Cl)n1. The van der Waals surface area contributed by atoms with Gasteiger partial charge in [0, 0.05) is 18.5 Å². The Kier molecular flexibility index (Phi) is 5.44. The molecule has 0 radical (unpaired) electrons. The molecule has 0 saturated carbocycles. The first-order chi connectivity index (χ1) is 8.11. The number of hydrogen-bond acceptors (Lipinski definition) is 3. The Labute approximate surface area is 106 Å². The Morgan fingerprint density at radius 1 is 1.53 bits per heavy atom. The summed E-state index contributed by atoms with van der Waals surface area (Å²) in [7, 11) is 0. The summed E-state index contributed by atoms with van der Waals surface area (Å²) >= 11 is 5.75. The van der Waals surface area contributed by atoms with Gasteiger partial charge in [0.05, 0.1) is 0 Å². The number of hydrogen-bond donors (Lipinski definition) is 1. The maximum atomic E-state index is 11.5. The first-order valence-corrected chi connectivity index (χ1v) is 5.74. The van der Waals surface area contributed by atoms with E-state index in [2.05, 4.69) is 21.2 Å². The molecule has 0 aromatic carbocycles. The van der Waals surface area contributed by atoms with Gasteiger partial charge in [-0.2, -0.15) is 0 Å². The van der Waals surface area contributed by atoms with Gasteiger partial charge in [0.15, 0.2) is 0 Å². The molecule has 17 heavy (non-hydrogen) atoms. The lowest BCUT2D eigenvalue weighted by Gasteiger charge is -2.04. The quantitative estimate of drug-likeness (QED) is 0.497. The average Bonchev–Trinajstić information content (AvgIpc) is 2.23. The topological polar surface area (TPSA) is 54.9 Å². The van der Waals surface area contributed by atoms with Crippen molar-refractivity contribution in [3.05, 3.63) is 16.9 Å². The van der Waals surface area contributed by atoms with Crippen LogP contribution in [0.2, 0.25) is 5.15 Å². The van der Waals surface area contributed by atoms with Crippen LogP contribution in [0.5, 0.6) is 0 Å². The highest BCUT2D eigenvalue weighted by atomic mass is 35.5. The minimum absolute atomic E-state index is 0.122. The highest BCUT2D eigenvalue weighted by Gasteiger charge is 2.05. The largest absolute Gasteiger partial charge is 0.294 e. The van der Waals surface area contributed by atoms with E-state index in [1.165, 1.54) is 0 Å². The van der Waals surface area contributed by atoms with Crippen molar-refractivity contribution in [2.24, 2.45) is 0 Å². The van der Waals surface area contributed by atoms with Crippen molar-refractivity contribution in [2.75, 3.05) is 5.32 Å². The Morgan fingerprint density at radius 3 is 2.94 bits per heavy atom. The molecular formula is C12H14ClN3O. The molecule has 5 heteroatoms. The van der Waals surface area contributed by atoms with Gasteiger partial charge < -0.3 is 0 Å². The van der Waals surface area contributed by atoms with Crippen LogP contribution in [0.1, 0.15) is 31.4 Å². The standard InChI is InChI=1S/C12H14ClN3O/c1-3-4-5-6-7-11(17)16-12-14-9(2)8-10(13)15-12/h1,8H,4-7H2,2H3,(H,14,15,16,17). The smallest absolute Gasteiger partial charge is 0.231 e. The third kappa shape index (κ3) is 5.32. The number of terminal acetylenes is 1. The third-order valence-electron chi connectivity index (χ3n) is 2.05. The zero-order chi connectivity index (χ0) is 12.7. The molecule has 4 nitrogen and oxygen atoms in total. The van der Waals surface area contributed by atoms with E-state index < -0.39 is 0 Å². The van der Waals surface area contributed by atoms with E-state index in [0.717, 1.165) is 12.8 Å². The number of unbranched alkanes of at least 4 members (excludes halogenated alkanes) is 2. The molecule has 0 fully saturated rings. The number of anilines is 1. The highest BCUT2D eigenvalue weighted by molar-refractivity contribution is 6.29. The molecule has 0 aliphatic rings. The lowest BCUT2D eigenvalue weighted by atomic mass is 10.2. The van der Waals surface area contributed by atoms with E-state index in [1.54, 1.807) is 13.0 Å². The summed E-state index contributed by atoms with van der Waals surface area (Å²) in [6, 6.07) is 1.63. The number of carbonyl (C=O) groups is 1. The van der Waals surface area contributed by atoms with Crippen molar-refractivity contribution in [3.8, 4) is 12.3 Å². The summed E-state index contributed by atoms with van der Waals surface area (Å²) in [6.07, 6.45) is 7.83. The van der Waals surface area contributed by atoms with Gasteiger partial charge in [0.1, 0.15) is 5.15 Å². The van der Waals surface area contributed by atoms with Crippen LogP contribution in [-0.4, -0.2) is 15.9 Å². The maximum absolute atomic E-state index is 11.5. The molecule has 1 amide bonds. The molecule has 90 valence electrons. The van der Waals surface area contributed by atoms with Gasteiger partial charge in [-0.1, -0.05) is 11.6 Å². The summed E-state index contributed by atoms with van der Waals surface area (Å²) in [4.78, 5) is 19.5. The molecule has 0 aliphatic heterocycles. The van der Waals surface area contributed by atoms with Crippen LogP contribution in [-0.2, 0) is 4.79 Å². The first-order valence-electron chi connectivity index (χ1n) is 5.36. The van der Waals surface area contributed by atoms with Gasteiger partial charge in [-0.3, -0.25) is 10.1 Å². The molecule has 1 N–H and O–H groups in total. The Hall–Kier alpha value is -1.60. The third-order valence-corrected chi connectivity index (χ3v) is 2.24. The Bertz CT molecular complexity index is 420. The Balaban J connectivity index is 2.43. The van der Waals surface area contributed by atoms with Crippen LogP contribution in [0.15, 0.2) is 6.07 Å². The van der Waals surface area contributed by atoms with Crippen molar-refractivity contribution in [3.63, 3.8) is 0 Å². The summed E-state index contributed by atoms with van der Waals surface area (Å²) in [6.45, 7) is 1.79. The Morgan fingerprint density at radius 2 is 2.29 bits per heavy atom. The minimum Gasteiger partial charge on any atom is -0.294 e. The van der Waals surface area contributed by atoms with Crippen molar-refractivity contribution < 1.29 is 4.79 Å². The van der Waals surface area contributed by atoms with Gasteiger partial charge in [-0.05, 0) is 25.8 Å². The zero-order valence-corrected chi connectivity index (χ0v) is 10.4. The second kappa shape index (κ2) is 6.87. The van der Waals surface area contributed by atoms with Crippen molar-refractivity contribution in [2.45, 2.75) is 32.6 Å². The molecule has 0 aliphatic carbocycles. The van der Waals surface area contributed by atoms with E-state index in [4.69, 9.17) is 18.0 Å². The van der Waals surface area contributed by atoms with E-state index in [-0.39, 0.29) is 11.9 Å². The second-order valence-electron chi connectivity index (χ2n) is 3.62. The molecule has 1 aromatic heterocycles. The number of nitrogens with one attached hydrogen (secondary N) is 1. The van der Waals surface area contributed by atoms with Crippen LogP contribution < -0.4 is 5.32 Å². The van der Waals surface area contributed by atoms with Gasteiger partial charge >= 0.3 is 0 Å². The van der Waals surface area contributed by atoms with E-state index in [1.807, 2.05) is 0 Å². The van der Waals surface area contributed by atoms with Crippen molar-refractivity contribution in [1.82, 2.24) is 9.97 Å². The fourth-order valence-electron chi connectivity index (χ4n) is 1.29. The van der Waals surface area contributed by atoms with Crippen molar-refractivity contribution >= 4 is 23.5 Å². The van der Waals surface area contributed by atoms with Crippen LogP contribution in [0.25, 0.3) is 0 Å². The van der Waals surface area contributed by atoms with Gasteiger partial charge in [0.25, 0.3) is 0 Å². The van der Waals surface area contributed by atoms with Crippen LogP contribution in [0.3, 0.4) is 0 Å². The number of aryl methyl sites for hydroxylation is 1. The number of halogens is 1. The number of amides is 1. The number of carbonyl (C=O) groups excluding carboxylic acids is 1.